The number of amidine groups is 1. The normalized spacial score (nSPS) is 16.3. The minimum Gasteiger partial charge on any atom is -0.494 e. The average Bonchev–Trinajstić information content (AvgIpc) is 3.30. The SMILES string of the molecule is CCC(C)=CC(/C=C(\C)c1ccnn1C)=C(/C)NC(C)=Nc1ccc(N2CCOCC2)cc1OC. The van der Waals surface area contributed by atoms with Crippen LogP contribution >= 0.6 is 0 Å². The number of nitrogens with one attached hydrogen (secondary N) is 1. The molecule has 0 saturated carbocycles. The molecule has 1 fully saturated rings. The zero-order valence-corrected chi connectivity index (χ0v) is 22.2. The second kappa shape index (κ2) is 12.4. The van der Waals surface area contributed by atoms with Crippen LogP contribution in [0.25, 0.3) is 5.57 Å². The van der Waals surface area contributed by atoms with Gasteiger partial charge in [0.15, 0.2) is 0 Å². The van der Waals surface area contributed by atoms with Crippen LogP contribution in [0.3, 0.4) is 0 Å². The van der Waals surface area contributed by atoms with Crippen LogP contribution in [0.5, 0.6) is 5.75 Å². The van der Waals surface area contributed by atoms with E-state index < -0.39 is 0 Å². The number of aryl methyl sites for hydroxylation is 1. The Labute approximate surface area is 209 Å². The summed E-state index contributed by atoms with van der Waals surface area (Å²) < 4.78 is 13.0. The zero-order chi connectivity index (χ0) is 25.4. The lowest BCUT2D eigenvalue weighted by Crippen LogP contribution is -2.36. The molecule has 0 spiro atoms. The molecule has 0 atom stereocenters. The third-order valence-corrected chi connectivity index (χ3v) is 6.19. The number of morpholine rings is 1. The first-order valence-corrected chi connectivity index (χ1v) is 12.2. The van der Waals surface area contributed by atoms with Crippen LogP contribution in [0.2, 0.25) is 0 Å². The molecule has 2 aromatic rings. The highest BCUT2D eigenvalue weighted by atomic mass is 16.5. The highest BCUT2D eigenvalue weighted by Gasteiger charge is 2.14. The van der Waals surface area contributed by atoms with Gasteiger partial charge in [0, 0.05) is 43.8 Å². The van der Waals surface area contributed by atoms with Gasteiger partial charge in [-0.3, -0.25) is 4.68 Å². The first-order chi connectivity index (χ1) is 16.8. The Morgan fingerprint density at radius 1 is 1.14 bits per heavy atom. The highest BCUT2D eigenvalue weighted by Crippen LogP contribution is 2.32. The number of aromatic nitrogens is 2. The maximum atomic E-state index is 5.67. The predicted octanol–water partition coefficient (Wildman–Crippen LogP) is 5.64. The van der Waals surface area contributed by atoms with Gasteiger partial charge < -0.3 is 19.7 Å². The van der Waals surface area contributed by atoms with Crippen LogP contribution in [0.15, 0.2) is 64.5 Å². The van der Waals surface area contributed by atoms with Crippen LogP contribution in [-0.4, -0.2) is 49.0 Å². The third kappa shape index (κ3) is 7.09. The number of nitrogens with zero attached hydrogens (tertiary/aromatic N) is 4. The van der Waals surface area contributed by atoms with Crippen molar-refractivity contribution in [1.82, 2.24) is 15.1 Å². The van der Waals surface area contributed by atoms with Gasteiger partial charge in [-0.05, 0) is 69.5 Å². The number of benzene rings is 1. The monoisotopic (exact) mass is 477 g/mol. The molecule has 1 aliphatic rings. The van der Waals surface area contributed by atoms with E-state index in [9.17, 15) is 0 Å². The summed E-state index contributed by atoms with van der Waals surface area (Å²) in [7, 11) is 3.65. The Morgan fingerprint density at radius 3 is 2.51 bits per heavy atom. The van der Waals surface area contributed by atoms with E-state index in [4.69, 9.17) is 14.5 Å². The molecule has 0 amide bonds. The number of hydrogen-bond acceptors (Lipinski definition) is 5. The lowest BCUT2D eigenvalue weighted by Gasteiger charge is -2.29. The summed E-state index contributed by atoms with van der Waals surface area (Å²) in [5.41, 5.74) is 7.63. The summed E-state index contributed by atoms with van der Waals surface area (Å²) >= 11 is 0. The first-order valence-electron chi connectivity index (χ1n) is 12.2. The van der Waals surface area contributed by atoms with Crippen LogP contribution in [-0.2, 0) is 11.8 Å². The number of anilines is 1. The van der Waals surface area contributed by atoms with E-state index in [2.05, 4.69) is 67.3 Å². The molecule has 0 unspecified atom stereocenters. The number of methoxy groups -OCH3 is 1. The van der Waals surface area contributed by atoms with E-state index in [0.717, 1.165) is 78.2 Å². The van der Waals surface area contributed by atoms with Gasteiger partial charge in [0.2, 0.25) is 0 Å². The minimum atomic E-state index is 0.750. The molecule has 0 radical (unpaired) electrons. The summed E-state index contributed by atoms with van der Waals surface area (Å²) in [6.07, 6.45) is 7.24. The lowest BCUT2D eigenvalue weighted by atomic mass is 10.0. The number of ether oxygens (including phenoxy) is 2. The van der Waals surface area contributed by atoms with Gasteiger partial charge in [-0.2, -0.15) is 5.10 Å². The molecule has 7 nitrogen and oxygen atoms in total. The number of aliphatic imine (C=N–C) groups is 1. The van der Waals surface area contributed by atoms with Gasteiger partial charge in [0.1, 0.15) is 17.3 Å². The molecule has 35 heavy (non-hydrogen) atoms. The summed E-state index contributed by atoms with van der Waals surface area (Å²) in [4.78, 5) is 7.14. The van der Waals surface area contributed by atoms with Crippen LogP contribution in [0.1, 0.15) is 46.7 Å². The minimum absolute atomic E-state index is 0.750. The molecule has 3 rings (SSSR count). The second-order valence-corrected chi connectivity index (χ2v) is 8.87. The van der Waals surface area contributed by atoms with Gasteiger partial charge in [-0.15, -0.1) is 0 Å². The molecule has 1 N–H and O–H groups in total. The van der Waals surface area contributed by atoms with E-state index in [0.29, 0.717) is 0 Å². The van der Waals surface area contributed by atoms with Crippen molar-refractivity contribution in [3.8, 4) is 5.75 Å². The molecule has 0 aliphatic carbocycles. The van der Waals surface area contributed by atoms with Gasteiger partial charge in [-0.25, -0.2) is 4.99 Å². The Balaban J connectivity index is 1.88. The zero-order valence-electron chi connectivity index (χ0n) is 22.2. The Morgan fingerprint density at radius 2 is 1.89 bits per heavy atom. The fourth-order valence-electron chi connectivity index (χ4n) is 4.02. The Bertz CT molecular complexity index is 1130. The van der Waals surface area contributed by atoms with Gasteiger partial charge in [-0.1, -0.05) is 18.6 Å². The molecule has 188 valence electrons. The van der Waals surface area contributed by atoms with Crippen molar-refractivity contribution >= 4 is 22.8 Å². The molecule has 1 aliphatic heterocycles. The van der Waals surface area contributed by atoms with Crippen LogP contribution in [0.4, 0.5) is 11.4 Å². The van der Waals surface area contributed by atoms with E-state index >= 15 is 0 Å². The van der Waals surface area contributed by atoms with E-state index in [1.807, 2.05) is 37.0 Å². The molecular weight excluding hydrogens is 438 g/mol. The molecule has 0 bridgehead atoms. The van der Waals surface area contributed by atoms with E-state index in [1.165, 1.54) is 5.57 Å². The first kappa shape index (κ1) is 26.3. The van der Waals surface area contributed by atoms with Crippen molar-refractivity contribution in [2.24, 2.45) is 12.0 Å². The van der Waals surface area contributed by atoms with Crippen molar-refractivity contribution in [2.45, 2.75) is 41.0 Å². The van der Waals surface area contributed by atoms with Crippen molar-refractivity contribution in [2.75, 3.05) is 38.3 Å². The Kier molecular flexibility index (Phi) is 9.32. The third-order valence-electron chi connectivity index (χ3n) is 6.19. The summed E-state index contributed by atoms with van der Waals surface area (Å²) in [5, 5.41) is 7.79. The van der Waals surface area contributed by atoms with Gasteiger partial charge in [0.25, 0.3) is 0 Å². The van der Waals surface area contributed by atoms with Gasteiger partial charge in [0.05, 0.1) is 26.0 Å². The number of allylic oxidation sites excluding steroid dienone is 6. The number of rotatable bonds is 8. The second-order valence-electron chi connectivity index (χ2n) is 8.87. The molecule has 1 saturated heterocycles. The van der Waals surface area contributed by atoms with Crippen LogP contribution in [0, 0.1) is 0 Å². The molecule has 1 aromatic carbocycles. The smallest absolute Gasteiger partial charge is 0.146 e. The summed E-state index contributed by atoms with van der Waals surface area (Å²) in [5.74, 6) is 1.55. The lowest BCUT2D eigenvalue weighted by molar-refractivity contribution is 0.122. The molecular formula is C28H39N5O2. The predicted molar refractivity (Wildman–Crippen MR) is 146 cm³/mol. The number of hydrogen-bond donors (Lipinski definition) is 1. The maximum absolute atomic E-state index is 5.67. The standard InChI is InChI=1S/C28H39N5O2/c1-8-20(2)17-24(18-21(3)27-11-12-29-32(27)6)22(4)30-23(5)31-26-10-9-25(19-28(26)34-7)33-13-15-35-16-14-33/h9-12,17-19H,8,13-16H2,1-7H3,(H,30,31)/b20-17?,21-18+,24-22+. The fourth-order valence-corrected chi connectivity index (χ4v) is 4.02. The van der Waals surface area contributed by atoms with E-state index in [-0.39, 0.29) is 0 Å². The molecule has 1 aromatic heterocycles. The molecule has 2 heterocycles. The Hall–Kier alpha value is -3.32. The molecule has 7 heteroatoms. The van der Waals surface area contributed by atoms with Crippen molar-refractivity contribution < 1.29 is 9.47 Å². The van der Waals surface area contributed by atoms with Gasteiger partial charge >= 0.3 is 0 Å². The van der Waals surface area contributed by atoms with Crippen molar-refractivity contribution in [1.29, 1.82) is 0 Å². The topological polar surface area (TPSA) is 63.9 Å². The fraction of sp³-hybridized carbons (Fsp3) is 0.429. The average molecular weight is 478 g/mol. The maximum Gasteiger partial charge on any atom is 0.146 e. The summed E-state index contributed by atoms with van der Waals surface area (Å²) in [6.45, 7) is 13.8. The highest BCUT2D eigenvalue weighted by molar-refractivity contribution is 5.85. The van der Waals surface area contributed by atoms with Crippen LogP contribution < -0.4 is 15.0 Å². The largest absolute Gasteiger partial charge is 0.494 e. The summed E-state index contributed by atoms with van der Waals surface area (Å²) in [6, 6.07) is 8.20. The van der Waals surface area contributed by atoms with E-state index in [1.54, 1.807) is 7.11 Å². The quantitative estimate of drug-likeness (QED) is 0.303. The van der Waals surface area contributed by atoms with Crippen molar-refractivity contribution in [3.05, 3.63) is 65.2 Å². The van der Waals surface area contributed by atoms with Crippen molar-refractivity contribution in [3.63, 3.8) is 0 Å².